The summed E-state index contributed by atoms with van der Waals surface area (Å²) in [5.41, 5.74) is 5.99. The summed E-state index contributed by atoms with van der Waals surface area (Å²) in [5, 5.41) is 0. The molecule has 0 aliphatic heterocycles. The van der Waals surface area contributed by atoms with Crippen molar-refractivity contribution in [2.75, 3.05) is 11.9 Å². The molecule has 0 aliphatic rings. The number of hydrogen-bond donors (Lipinski definition) is 0. The molecule has 0 unspecified atom stereocenters. The van der Waals surface area contributed by atoms with Crippen LogP contribution < -0.4 is 4.90 Å². The van der Waals surface area contributed by atoms with E-state index in [1.807, 2.05) is 0 Å². The van der Waals surface area contributed by atoms with Crippen molar-refractivity contribution < 1.29 is 0 Å². The van der Waals surface area contributed by atoms with Crippen LogP contribution >= 0.6 is 0 Å². The topological polar surface area (TPSA) is 3.24 Å². The first-order chi connectivity index (χ1) is 13.7. The van der Waals surface area contributed by atoms with E-state index >= 15 is 0 Å². The molecule has 0 amide bonds. The lowest BCUT2D eigenvalue weighted by molar-refractivity contribution is 0.692. The molecule has 4 rings (SSSR count). The highest BCUT2D eigenvalue weighted by Crippen LogP contribution is 2.43. The van der Waals surface area contributed by atoms with E-state index < -0.39 is 0 Å². The summed E-state index contributed by atoms with van der Waals surface area (Å²) >= 11 is 0. The summed E-state index contributed by atoms with van der Waals surface area (Å²) in [5.74, 6) is 0. The van der Waals surface area contributed by atoms with Crippen molar-refractivity contribution in [2.24, 2.45) is 0 Å². The van der Waals surface area contributed by atoms with Gasteiger partial charge in [-0.25, -0.2) is 0 Å². The lowest BCUT2D eigenvalue weighted by Gasteiger charge is -2.36. The molecule has 0 heterocycles. The van der Waals surface area contributed by atoms with Gasteiger partial charge in [-0.1, -0.05) is 97.1 Å². The third kappa shape index (κ3) is 3.20. The largest absolute Gasteiger partial charge is 0.344 e. The molecule has 4 aromatic carbocycles. The third-order valence-electron chi connectivity index (χ3n) is 5.65. The molecule has 0 fully saturated rings. The van der Waals surface area contributed by atoms with Crippen LogP contribution in [0.2, 0.25) is 0 Å². The van der Waals surface area contributed by atoms with Gasteiger partial charge in [0.1, 0.15) is 0 Å². The molecular formula is C27H25N. The number of para-hydroxylation sites is 2. The van der Waals surface area contributed by atoms with Crippen molar-refractivity contribution in [3.8, 4) is 0 Å². The first-order valence-corrected chi connectivity index (χ1v) is 9.70. The molecule has 0 N–H and O–H groups in total. The fourth-order valence-corrected chi connectivity index (χ4v) is 4.00. The average Bonchev–Trinajstić information content (AvgIpc) is 2.80. The van der Waals surface area contributed by atoms with Crippen LogP contribution in [0.5, 0.6) is 0 Å². The fourth-order valence-electron chi connectivity index (χ4n) is 4.00. The Bertz CT molecular complexity index is 984. The maximum Gasteiger partial charge on any atom is 0.0453 e. The normalized spacial score (nSPS) is 11.2. The minimum Gasteiger partial charge on any atom is -0.344 e. The van der Waals surface area contributed by atoms with E-state index in [2.05, 4.69) is 134 Å². The molecule has 0 atom stereocenters. The molecule has 1 heteroatoms. The molecule has 0 aromatic heterocycles. The Morgan fingerprint density at radius 2 is 0.964 bits per heavy atom. The van der Waals surface area contributed by atoms with E-state index in [0.29, 0.717) is 0 Å². The second-order valence-electron chi connectivity index (χ2n) is 7.27. The van der Waals surface area contributed by atoms with Gasteiger partial charge in [-0.3, -0.25) is 0 Å². The summed E-state index contributed by atoms with van der Waals surface area (Å²) in [7, 11) is 2.14. The highest BCUT2D eigenvalue weighted by molar-refractivity contribution is 5.70. The van der Waals surface area contributed by atoms with E-state index in [-0.39, 0.29) is 5.41 Å². The van der Waals surface area contributed by atoms with E-state index in [4.69, 9.17) is 0 Å². The Balaban J connectivity index is 1.94. The Labute approximate surface area is 167 Å². The quantitative estimate of drug-likeness (QED) is 0.352. The molecule has 1 nitrogen and oxygen atoms in total. The van der Waals surface area contributed by atoms with Gasteiger partial charge in [0.15, 0.2) is 0 Å². The fraction of sp³-hybridized carbons (Fsp3) is 0.111. The van der Waals surface area contributed by atoms with Gasteiger partial charge in [-0.05, 0) is 41.8 Å². The molecule has 0 bridgehead atoms. The van der Waals surface area contributed by atoms with Crippen LogP contribution in [0.4, 0.5) is 11.4 Å². The van der Waals surface area contributed by atoms with Gasteiger partial charge in [0.2, 0.25) is 0 Å². The van der Waals surface area contributed by atoms with Gasteiger partial charge in [0.25, 0.3) is 0 Å². The maximum atomic E-state index is 2.33. The Kier molecular flexibility index (Phi) is 4.99. The zero-order chi connectivity index (χ0) is 19.4. The molecule has 0 saturated carbocycles. The summed E-state index contributed by atoms with van der Waals surface area (Å²) in [4.78, 5) is 2.28. The van der Waals surface area contributed by atoms with Gasteiger partial charge in [-0.2, -0.15) is 0 Å². The van der Waals surface area contributed by atoms with Crippen LogP contribution in [-0.2, 0) is 5.41 Å². The minimum atomic E-state index is -0.262. The first-order valence-electron chi connectivity index (χ1n) is 9.70. The summed E-state index contributed by atoms with van der Waals surface area (Å²) < 4.78 is 0. The minimum absolute atomic E-state index is 0.262. The van der Waals surface area contributed by atoms with Crippen LogP contribution in [-0.4, -0.2) is 7.05 Å². The van der Waals surface area contributed by atoms with Gasteiger partial charge in [0.05, 0.1) is 0 Å². The van der Waals surface area contributed by atoms with Crippen molar-refractivity contribution in [3.05, 3.63) is 132 Å². The van der Waals surface area contributed by atoms with E-state index in [1.165, 1.54) is 28.1 Å². The smallest absolute Gasteiger partial charge is 0.0453 e. The number of rotatable bonds is 5. The highest BCUT2D eigenvalue weighted by atomic mass is 15.1. The maximum absolute atomic E-state index is 2.33. The highest BCUT2D eigenvalue weighted by Gasteiger charge is 2.33. The molecule has 0 spiro atoms. The second-order valence-corrected chi connectivity index (χ2v) is 7.27. The standard InChI is InChI=1S/C27H25N/c1-27(22-14-6-3-7-15-22,23-16-8-4-9-17-23)25-20-12-13-21-26(25)28(2)24-18-10-5-11-19-24/h3-21H,1-2H3. The molecule has 0 radical (unpaired) electrons. The second kappa shape index (κ2) is 7.74. The average molecular weight is 364 g/mol. The van der Waals surface area contributed by atoms with Crippen LogP contribution in [0.1, 0.15) is 23.6 Å². The SMILES string of the molecule is CN(c1ccccc1)c1ccccc1C(C)(c1ccccc1)c1ccccc1. The number of anilines is 2. The van der Waals surface area contributed by atoms with Gasteiger partial charge in [0, 0.05) is 23.8 Å². The van der Waals surface area contributed by atoms with Crippen molar-refractivity contribution in [3.63, 3.8) is 0 Å². The molecular weight excluding hydrogens is 338 g/mol. The summed E-state index contributed by atoms with van der Waals surface area (Å²) in [6.07, 6.45) is 0. The number of hydrogen-bond acceptors (Lipinski definition) is 1. The summed E-state index contributed by atoms with van der Waals surface area (Å²) in [6.45, 7) is 2.33. The number of benzene rings is 4. The zero-order valence-corrected chi connectivity index (χ0v) is 16.4. The molecule has 28 heavy (non-hydrogen) atoms. The van der Waals surface area contributed by atoms with Gasteiger partial charge < -0.3 is 4.90 Å². The van der Waals surface area contributed by atoms with E-state index in [0.717, 1.165) is 0 Å². The van der Waals surface area contributed by atoms with E-state index in [9.17, 15) is 0 Å². The molecule has 0 aliphatic carbocycles. The molecule has 138 valence electrons. The Hall–Kier alpha value is -3.32. The molecule has 4 aromatic rings. The van der Waals surface area contributed by atoms with Crippen LogP contribution in [0.25, 0.3) is 0 Å². The molecule has 0 saturated heterocycles. The Morgan fingerprint density at radius 3 is 1.50 bits per heavy atom. The van der Waals surface area contributed by atoms with Crippen molar-refractivity contribution >= 4 is 11.4 Å². The lowest BCUT2D eigenvalue weighted by atomic mass is 9.70. The Morgan fingerprint density at radius 1 is 0.536 bits per heavy atom. The summed E-state index contributed by atoms with van der Waals surface area (Å²) in [6, 6.07) is 40.8. The van der Waals surface area contributed by atoms with Gasteiger partial charge in [-0.15, -0.1) is 0 Å². The first kappa shape index (κ1) is 18.1. The van der Waals surface area contributed by atoms with Crippen molar-refractivity contribution in [2.45, 2.75) is 12.3 Å². The van der Waals surface area contributed by atoms with Crippen molar-refractivity contribution in [1.82, 2.24) is 0 Å². The predicted molar refractivity (Wildman–Crippen MR) is 119 cm³/mol. The van der Waals surface area contributed by atoms with Crippen LogP contribution in [0.3, 0.4) is 0 Å². The monoisotopic (exact) mass is 363 g/mol. The third-order valence-corrected chi connectivity index (χ3v) is 5.65. The van der Waals surface area contributed by atoms with Gasteiger partial charge >= 0.3 is 0 Å². The van der Waals surface area contributed by atoms with Crippen LogP contribution in [0, 0.1) is 0 Å². The van der Waals surface area contributed by atoms with Crippen LogP contribution in [0.15, 0.2) is 115 Å². The zero-order valence-electron chi connectivity index (χ0n) is 16.4. The predicted octanol–water partition coefficient (Wildman–Crippen LogP) is 6.81. The van der Waals surface area contributed by atoms with Crippen molar-refractivity contribution in [1.29, 1.82) is 0 Å². The lowest BCUT2D eigenvalue weighted by Crippen LogP contribution is -2.28. The van der Waals surface area contributed by atoms with E-state index in [1.54, 1.807) is 0 Å². The number of nitrogens with zero attached hydrogens (tertiary/aromatic N) is 1.